The van der Waals surface area contributed by atoms with Crippen LogP contribution in [0.15, 0.2) is 34.7 Å². The van der Waals surface area contributed by atoms with Gasteiger partial charge in [0.1, 0.15) is 18.4 Å². The average molecular weight is 304 g/mol. The summed E-state index contributed by atoms with van der Waals surface area (Å²) in [5.41, 5.74) is 0.701. The number of carboxylic acid groups (broad SMARTS) is 1. The van der Waals surface area contributed by atoms with Gasteiger partial charge in [-0.1, -0.05) is 30.3 Å². The summed E-state index contributed by atoms with van der Waals surface area (Å²) in [4.78, 5) is 26.5. The van der Waals surface area contributed by atoms with E-state index in [9.17, 15) is 9.59 Å². The molecule has 2 aromatic rings. The topological polar surface area (TPSA) is 102 Å². The summed E-state index contributed by atoms with van der Waals surface area (Å²) in [5.74, 6) is -0.869. The van der Waals surface area contributed by atoms with Crippen LogP contribution in [0.2, 0.25) is 0 Å². The van der Waals surface area contributed by atoms with Crippen molar-refractivity contribution in [2.45, 2.75) is 26.5 Å². The highest BCUT2D eigenvalue weighted by Crippen LogP contribution is 2.16. The van der Waals surface area contributed by atoms with E-state index in [4.69, 9.17) is 14.3 Å². The molecule has 0 saturated carbocycles. The van der Waals surface area contributed by atoms with Gasteiger partial charge in [-0.15, -0.1) is 0 Å². The lowest BCUT2D eigenvalue weighted by molar-refractivity contribution is 0.0689. The zero-order chi connectivity index (χ0) is 16.1. The van der Waals surface area contributed by atoms with Gasteiger partial charge in [0, 0.05) is 0 Å². The highest BCUT2D eigenvalue weighted by molar-refractivity contribution is 5.86. The number of aromatic nitrogens is 1. The van der Waals surface area contributed by atoms with Gasteiger partial charge in [-0.3, -0.25) is 0 Å². The molecule has 0 aliphatic heterocycles. The number of carboxylic acids is 1. The predicted octanol–water partition coefficient (Wildman–Crippen LogP) is 2.67. The minimum atomic E-state index is -1.17. The van der Waals surface area contributed by atoms with Crippen molar-refractivity contribution < 1.29 is 23.8 Å². The van der Waals surface area contributed by atoms with Crippen molar-refractivity contribution in [1.29, 1.82) is 0 Å². The van der Waals surface area contributed by atoms with Gasteiger partial charge in [0.25, 0.3) is 0 Å². The molecule has 0 radical (unpaired) electrons. The molecule has 1 amide bonds. The zero-order valence-electron chi connectivity index (χ0n) is 12.2. The Hall–Kier alpha value is -2.83. The Labute approximate surface area is 126 Å². The molecule has 2 rings (SSSR count). The van der Waals surface area contributed by atoms with E-state index in [0.717, 1.165) is 5.56 Å². The number of carbonyl (C=O) groups is 2. The first-order valence-corrected chi connectivity index (χ1v) is 6.65. The minimum Gasteiger partial charge on any atom is -0.476 e. The Kier molecular flexibility index (Phi) is 4.77. The van der Waals surface area contributed by atoms with Crippen LogP contribution in [0.4, 0.5) is 4.79 Å². The number of aromatic carboxylic acids is 1. The third-order valence-electron chi connectivity index (χ3n) is 2.93. The third-order valence-corrected chi connectivity index (χ3v) is 2.93. The van der Waals surface area contributed by atoms with Gasteiger partial charge >= 0.3 is 12.1 Å². The van der Waals surface area contributed by atoms with Gasteiger partial charge in [-0.2, -0.15) is 0 Å². The molecule has 0 aliphatic rings. The van der Waals surface area contributed by atoms with E-state index in [1.165, 1.54) is 6.92 Å². The monoisotopic (exact) mass is 304 g/mol. The summed E-state index contributed by atoms with van der Waals surface area (Å²) < 4.78 is 10.3. The lowest BCUT2D eigenvalue weighted by Gasteiger charge is -2.11. The van der Waals surface area contributed by atoms with Crippen molar-refractivity contribution in [3.05, 3.63) is 53.2 Å². The van der Waals surface area contributed by atoms with Crippen molar-refractivity contribution in [3.63, 3.8) is 0 Å². The summed E-state index contributed by atoms with van der Waals surface area (Å²) in [6.07, 6.45) is -0.635. The molecule has 7 heteroatoms. The largest absolute Gasteiger partial charge is 0.476 e. The SMILES string of the molecule is Cc1oc(C(C)NC(=O)OCc2ccccc2)nc1C(=O)O. The Morgan fingerprint density at radius 1 is 1.36 bits per heavy atom. The van der Waals surface area contributed by atoms with Gasteiger partial charge in [-0.25, -0.2) is 14.6 Å². The molecule has 0 aliphatic carbocycles. The number of rotatable bonds is 5. The van der Waals surface area contributed by atoms with Gasteiger partial charge in [0.2, 0.25) is 5.89 Å². The van der Waals surface area contributed by atoms with Crippen LogP contribution in [-0.2, 0) is 11.3 Å². The minimum absolute atomic E-state index is 0.117. The number of hydrogen-bond donors (Lipinski definition) is 2. The highest BCUT2D eigenvalue weighted by atomic mass is 16.5. The second-order valence-corrected chi connectivity index (χ2v) is 4.69. The molecule has 1 aromatic carbocycles. The van der Waals surface area contributed by atoms with E-state index in [-0.39, 0.29) is 24.0 Å². The smallest absolute Gasteiger partial charge is 0.408 e. The van der Waals surface area contributed by atoms with Crippen molar-refractivity contribution >= 4 is 12.1 Å². The first kappa shape index (κ1) is 15.6. The summed E-state index contributed by atoms with van der Waals surface area (Å²) in [6.45, 7) is 3.27. The Morgan fingerprint density at radius 3 is 2.64 bits per heavy atom. The predicted molar refractivity (Wildman–Crippen MR) is 76.4 cm³/mol. The van der Waals surface area contributed by atoms with Gasteiger partial charge < -0.3 is 19.6 Å². The number of hydrogen-bond acceptors (Lipinski definition) is 5. The van der Waals surface area contributed by atoms with E-state index in [1.54, 1.807) is 6.92 Å². The number of amides is 1. The standard InChI is InChI=1S/C15H16N2O5/c1-9(13-17-12(14(18)19)10(2)22-13)16-15(20)21-8-11-6-4-3-5-7-11/h3-7,9H,8H2,1-2H3,(H,16,20)(H,18,19). The molecule has 0 saturated heterocycles. The fourth-order valence-electron chi connectivity index (χ4n) is 1.80. The lowest BCUT2D eigenvalue weighted by Crippen LogP contribution is -2.27. The van der Waals surface area contributed by atoms with E-state index >= 15 is 0 Å². The van der Waals surface area contributed by atoms with Crippen LogP contribution in [0.1, 0.15) is 40.7 Å². The molecule has 2 N–H and O–H groups in total. The van der Waals surface area contributed by atoms with Crippen LogP contribution in [0, 0.1) is 6.92 Å². The number of nitrogens with one attached hydrogen (secondary N) is 1. The molecule has 1 unspecified atom stereocenters. The molecular formula is C15H16N2O5. The van der Waals surface area contributed by atoms with Crippen LogP contribution >= 0.6 is 0 Å². The molecule has 0 bridgehead atoms. The van der Waals surface area contributed by atoms with Crippen LogP contribution in [-0.4, -0.2) is 22.2 Å². The summed E-state index contributed by atoms with van der Waals surface area (Å²) in [5, 5.41) is 11.5. The average Bonchev–Trinajstić information content (AvgIpc) is 2.88. The fourth-order valence-corrected chi connectivity index (χ4v) is 1.80. The molecule has 7 nitrogen and oxygen atoms in total. The number of nitrogens with zero attached hydrogens (tertiary/aromatic N) is 1. The molecule has 0 spiro atoms. The molecule has 22 heavy (non-hydrogen) atoms. The lowest BCUT2D eigenvalue weighted by atomic mass is 10.2. The van der Waals surface area contributed by atoms with Crippen LogP contribution in [0.3, 0.4) is 0 Å². The van der Waals surface area contributed by atoms with E-state index in [2.05, 4.69) is 10.3 Å². The second kappa shape index (κ2) is 6.75. The van der Waals surface area contributed by atoms with Crippen molar-refractivity contribution in [2.75, 3.05) is 0 Å². The number of oxazole rings is 1. The number of ether oxygens (including phenoxy) is 1. The second-order valence-electron chi connectivity index (χ2n) is 4.69. The number of aryl methyl sites for hydroxylation is 1. The van der Waals surface area contributed by atoms with E-state index in [1.807, 2.05) is 30.3 Å². The van der Waals surface area contributed by atoms with Crippen LogP contribution in [0.5, 0.6) is 0 Å². The molecule has 1 aromatic heterocycles. The maximum Gasteiger partial charge on any atom is 0.408 e. The molecule has 116 valence electrons. The molecule has 0 fully saturated rings. The van der Waals surface area contributed by atoms with E-state index < -0.39 is 18.1 Å². The fraction of sp³-hybridized carbons (Fsp3) is 0.267. The maximum atomic E-state index is 11.7. The quantitative estimate of drug-likeness (QED) is 0.880. The van der Waals surface area contributed by atoms with Crippen molar-refractivity contribution in [1.82, 2.24) is 10.3 Å². The van der Waals surface area contributed by atoms with Crippen molar-refractivity contribution in [2.24, 2.45) is 0 Å². The Balaban J connectivity index is 1.91. The van der Waals surface area contributed by atoms with Crippen molar-refractivity contribution in [3.8, 4) is 0 Å². The number of carbonyl (C=O) groups excluding carboxylic acids is 1. The zero-order valence-corrected chi connectivity index (χ0v) is 12.2. The van der Waals surface area contributed by atoms with Crippen LogP contribution < -0.4 is 5.32 Å². The summed E-state index contributed by atoms with van der Waals surface area (Å²) in [6, 6.07) is 8.65. The Morgan fingerprint density at radius 2 is 2.05 bits per heavy atom. The molecular weight excluding hydrogens is 288 g/mol. The molecule has 1 heterocycles. The normalized spacial score (nSPS) is 11.7. The third kappa shape index (κ3) is 3.85. The number of alkyl carbamates (subject to hydrolysis) is 1. The Bertz CT molecular complexity index is 666. The van der Waals surface area contributed by atoms with Gasteiger partial charge in [-0.05, 0) is 19.4 Å². The number of benzene rings is 1. The first-order chi connectivity index (χ1) is 10.5. The first-order valence-electron chi connectivity index (χ1n) is 6.65. The van der Waals surface area contributed by atoms with Gasteiger partial charge in [0.05, 0.1) is 0 Å². The molecule has 1 atom stereocenters. The van der Waals surface area contributed by atoms with Gasteiger partial charge in [0.15, 0.2) is 5.69 Å². The van der Waals surface area contributed by atoms with E-state index in [0.29, 0.717) is 0 Å². The maximum absolute atomic E-state index is 11.7. The summed E-state index contributed by atoms with van der Waals surface area (Å²) >= 11 is 0. The highest BCUT2D eigenvalue weighted by Gasteiger charge is 2.21. The van der Waals surface area contributed by atoms with Crippen LogP contribution in [0.25, 0.3) is 0 Å². The summed E-state index contributed by atoms with van der Waals surface area (Å²) in [7, 11) is 0.